The smallest absolute Gasteiger partial charge is 0.379 e. The summed E-state index contributed by atoms with van der Waals surface area (Å²) in [5.41, 5.74) is 0.247. The van der Waals surface area contributed by atoms with E-state index in [-0.39, 0.29) is 12.0 Å². The quantitative estimate of drug-likeness (QED) is 0.153. The first kappa shape index (κ1) is 30.3. The second kappa shape index (κ2) is 13.4. The lowest BCUT2D eigenvalue weighted by Gasteiger charge is -2.30. The molecule has 0 fully saturated rings. The number of hydrogen-bond acceptors (Lipinski definition) is 8. The second-order valence-corrected chi connectivity index (χ2v) is 10.4. The Hall–Kier alpha value is 0.100. The summed E-state index contributed by atoms with van der Waals surface area (Å²) in [6.07, 6.45) is 0.836. The van der Waals surface area contributed by atoms with E-state index in [0.717, 1.165) is 19.3 Å². The summed E-state index contributed by atoms with van der Waals surface area (Å²) in [5.74, 6) is 0. The van der Waals surface area contributed by atoms with Crippen LogP contribution in [0.4, 0.5) is 0 Å². The van der Waals surface area contributed by atoms with Crippen molar-refractivity contribution in [2.24, 2.45) is 5.41 Å². The van der Waals surface area contributed by atoms with Crippen LogP contribution in [0.1, 0.15) is 67.2 Å². The SMILES string of the molecule is CC(C)(C)CCCCCOP(=O)(O)OP(=O)(O)O.CC(O)N(C(C)O)C(C)O. The molecule has 0 saturated carbocycles. The highest BCUT2D eigenvalue weighted by Crippen LogP contribution is 2.57. The molecule has 0 aliphatic rings. The monoisotopic (exact) mass is 453 g/mol. The lowest BCUT2D eigenvalue weighted by Crippen LogP contribution is -2.45. The number of phosphoric acid groups is 2. The molecule has 0 rings (SSSR count). The van der Waals surface area contributed by atoms with Crippen molar-refractivity contribution in [2.75, 3.05) is 6.61 Å². The van der Waals surface area contributed by atoms with Crippen LogP contribution >= 0.6 is 15.6 Å². The van der Waals surface area contributed by atoms with E-state index in [9.17, 15) is 9.13 Å². The highest BCUT2D eigenvalue weighted by atomic mass is 31.3. The van der Waals surface area contributed by atoms with Crippen molar-refractivity contribution >= 4 is 15.6 Å². The minimum Gasteiger partial charge on any atom is -0.379 e. The van der Waals surface area contributed by atoms with Crippen molar-refractivity contribution in [1.29, 1.82) is 0 Å². The number of unbranched alkanes of at least 4 members (excludes halogenated alkanes) is 2. The van der Waals surface area contributed by atoms with Gasteiger partial charge in [-0.15, -0.1) is 0 Å². The number of aliphatic hydroxyl groups excluding tert-OH is 3. The normalized spacial score (nSPS) is 18.0. The molecule has 13 heteroatoms. The standard InChI is InChI=1S/C9H22O7P2.C6H15NO3/c1-9(2,3)7-5-4-6-8-15-18(13,14)16-17(10,11)12;1-4(8)7(5(2)9)6(3)10/h4-8H2,1-3H3,(H,13,14)(H2,10,11,12);4-6,8-10H,1-3H3. The first-order valence-electron chi connectivity index (χ1n) is 8.94. The fourth-order valence-electron chi connectivity index (χ4n) is 2.21. The third kappa shape index (κ3) is 19.4. The van der Waals surface area contributed by atoms with Gasteiger partial charge in [-0.1, -0.05) is 33.6 Å². The Balaban J connectivity index is 0. The summed E-state index contributed by atoms with van der Waals surface area (Å²) in [7, 11) is -9.67. The van der Waals surface area contributed by atoms with Crippen molar-refractivity contribution in [3.63, 3.8) is 0 Å². The van der Waals surface area contributed by atoms with Crippen molar-refractivity contribution in [3.05, 3.63) is 0 Å². The Morgan fingerprint density at radius 1 is 0.857 bits per heavy atom. The molecule has 6 N–H and O–H groups in total. The van der Waals surface area contributed by atoms with Gasteiger partial charge in [0.25, 0.3) is 0 Å². The van der Waals surface area contributed by atoms with Crippen LogP contribution in [-0.2, 0) is 18.0 Å². The Morgan fingerprint density at radius 2 is 1.29 bits per heavy atom. The van der Waals surface area contributed by atoms with Gasteiger partial charge in [0.1, 0.15) is 18.7 Å². The highest BCUT2D eigenvalue weighted by Gasteiger charge is 2.31. The predicted octanol–water partition coefficient (Wildman–Crippen LogP) is 2.12. The summed E-state index contributed by atoms with van der Waals surface area (Å²) >= 11 is 0. The van der Waals surface area contributed by atoms with E-state index < -0.39 is 34.3 Å². The van der Waals surface area contributed by atoms with Crippen LogP contribution in [0.5, 0.6) is 0 Å². The first-order valence-corrected chi connectivity index (χ1v) is 12.0. The molecule has 0 heterocycles. The van der Waals surface area contributed by atoms with E-state index in [1.54, 1.807) is 0 Å². The molecule has 172 valence electrons. The van der Waals surface area contributed by atoms with Gasteiger partial charge >= 0.3 is 15.6 Å². The summed E-state index contributed by atoms with van der Waals surface area (Å²) in [4.78, 5) is 26.8. The molecular weight excluding hydrogens is 416 g/mol. The van der Waals surface area contributed by atoms with Crippen LogP contribution in [-0.4, -0.2) is 60.2 Å². The third-order valence-corrected chi connectivity index (χ3v) is 5.51. The van der Waals surface area contributed by atoms with Crippen LogP contribution < -0.4 is 0 Å². The Bertz CT molecular complexity index is 483. The molecule has 0 spiro atoms. The predicted molar refractivity (Wildman–Crippen MR) is 104 cm³/mol. The Kier molecular flexibility index (Phi) is 14.5. The number of hydrogen-bond donors (Lipinski definition) is 6. The van der Waals surface area contributed by atoms with Gasteiger partial charge in [-0.2, -0.15) is 4.31 Å². The molecule has 0 aromatic rings. The van der Waals surface area contributed by atoms with Crippen molar-refractivity contribution < 1.29 is 48.0 Å². The molecule has 0 amide bonds. The lowest BCUT2D eigenvalue weighted by molar-refractivity contribution is -0.159. The summed E-state index contributed by atoms with van der Waals surface area (Å²) in [6.45, 7) is 10.8. The van der Waals surface area contributed by atoms with E-state index in [0.29, 0.717) is 6.42 Å². The maximum Gasteiger partial charge on any atom is 0.481 e. The molecular formula is C15H37NO10P2. The van der Waals surface area contributed by atoms with Gasteiger partial charge in [0.05, 0.1) is 6.61 Å². The van der Waals surface area contributed by atoms with Gasteiger partial charge in [-0.05, 0) is 39.0 Å². The van der Waals surface area contributed by atoms with E-state index in [2.05, 4.69) is 29.6 Å². The molecule has 0 saturated heterocycles. The molecule has 28 heavy (non-hydrogen) atoms. The van der Waals surface area contributed by atoms with E-state index in [1.165, 1.54) is 25.7 Å². The maximum atomic E-state index is 11.0. The van der Waals surface area contributed by atoms with E-state index in [1.807, 2.05) is 0 Å². The fraction of sp³-hybridized carbons (Fsp3) is 1.00. The van der Waals surface area contributed by atoms with E-state index in [4.69, 9.17) is 30.0 Å². The zero-order chi connectivity index (χ0) is 22.8. The molecule has 4 atom stereocenters. The van der Waals surface area contributed by atoms with Gasteiger partial charge in [0, 0.05) is 0 Å². The number of nitrogens with zero attached hydrogens (tertiary/aromatic N) is 1. The van der Waals surface area contributed by atoms with Crippen molar-refractivity contribution in [1.82, 2.24) is 4.90 Å². The van der Waals surface area contributed by atoms with Gasteiger partial charge in [-0.3, -0.25) is 4.52 Å². The molecule has 4 unspecified atom stereocenters. The van der Waals surface area contributed by atoms with Gasteiger partial charge in [-0.25, -0.2) is 14.0 Å². The Morgan fingerprint density at radius 3 is 1.57 bits per heavy atom. The van der Waals surface area contributed by atoms with Crippen LogP contribution in [0.15, 0.2) is 0 Å². The molecule has 0 aliphatic heterocycles. The zero-order valence-electron chi connectivity index (χ0n) is 17.4. The number of phosphoric ester groups is 1. The summed E-state index contributed by atoms with van der Waals surface area (Å²) < 4.78 is 29.5. The van der Waals surface area contributed by atoms with Crippen LogP contribution in [0.25, 0.3) is 0 Å². The average Bonchev–Trinajstić information content (AvgIpc) is 2.37. The fourth-order valence-corrected chi connectivity index (χ4v) is 3.83. The highest BCUT2D eigenvalue weighted by molar-refractivity contribution is 7.60. The topological polar surface area (TPSA) is 177 Å². The third-order valence-electron chi connectivity index (χ3n) is 3.33. The molecule has 0 aliphatic carbocycles. The second-order valence-electron chi connectivity index (χ2n) is 7.59. The van der Waals surface area contributed by atoms with Crippen LogP contribution in [0, 0.1) is 5.41 Å². The van der Waals surface area contributed by atoms with Crippen LogP contribution in [0.3, 0.4) is 0 Å². The number of rotatable bonds is 11. The molecule has 0 radical (unpaired) electrons. The summed E-state index contributed by atoms with van der Waals surface area (Å²) in [5, 5.41) is 26.9. The summed E-state index contributed by atoms with van der Waals surface area (Å²) in [6, 6.07) is 0. The van der Waals surface area contributed by atoms with Gasteiger partial charge in [0.15, 0.2) is 0 Å². The lowest BCUT2D eigenvalue weighted by atomic mass is 9.89. The molecule has 11 nitrogen and oxygen atoms in total. The Labute approximate surface area is 167 Å². The molecule has 0 aromatic heterocycles. The molecule has 0 aromatic carbocycles. The largest absolute Gasteiger partial charge is 0.481 e. The van der Waals surface area contributed by atoms with E-state index >= 15 is 0 Å². The van der Waals surface area contributed by atoms with Crippen LogP contribution in [0.2, 0.25) is 0 Å². The minimum absolute atomic E-state index is 0.0715. The average molecular weight is 453 g/mol. The minimum atomic E-state index is -5.01. The molecule has 0 bridgehead atoms. The zero-order valence-corrected chi connectivity index (χ0v) is 19.2. The number of aliphatic hydroxyl groups is 3. The maximum absolute atomic E-state index is 11.0. The van der Waals surface area contributed by atoms with Crippen molar-refractivity contribution in [2.45, 2.75) is 85.9 Å². The van der Waals surface area contributed by atoms with Crippen molar-refractivity contribution in [3.8, 4) is 0 Å². The van der Waals surface area contributed by atoms with Gasteiger partial charge in [0.2, 0.25) is 0 Å². The first-order chi connectivity index (χ1) is 12.4. The van der Waals surface area contributed by atoms with Gasteiger partial charge < -0.3 is 30.0 Å².